The molecule has 2 aromatic carbocycles. The van der Waals surface area contributed by atoms with Crippen molar-refractivity contribution in [3.63, 3.8) is 0 Å². The minimum absolute atomic E-state index is 0.0815. The molecule has 170 valence electrons. The summed E-state index contributed by atoms with van der Waals surface area (Å²) in [5.41, 5.74) is -0.295. The van der Waals surface area contributed by atoms with Gasteiger partial charge in [0.05, 0.1) is 11.2 Å². The van der Waals surface area contributed by atoms with Crippen LogP contribution in [0.15, 0.2) is 47.9 Å². The van der Waals surface area contributed by atoms with Gasteiger partial charge in [0.1, 0.15) is 12.4 Å². The van der Waals surface area contributed by atoms with Gasteiger partial charge in [-0.1, -0.05) is 36.4 Å². The molecule has 1 amide bonds. The Hall–Kier alpha value is -2.91. The van der Waals surface area contributed by atoms with Gasteiger partial charge in [-0.2, -0.15) is 0 Å². The summed E-state index contributed by atoms with van der Waals surface area (Å²) in [5.74, 6) is -2.66. The van der Waals surface area contributed by atoms with Crippen LogP contribution in [0, 0.1) is 11.6 Å². The molecule has 6 nitrogen and oxygen atoms in total. The maximum Gasteiger partial charge on any atom is 0.492 e. The highest BCUT2D eigenvalue weighted by Crippen LogP contribution is 2.39. The van der Waals surface area contributed by atoms with Crippen LogP contribution in [0.3, 0.4) is 0 Å². The first-order valence-corrected chi connectivity index (χ1v) is 10.2. The molecule has 3 rings (SSSR count). The molecule has 0 aromatic heterocycles. The van der Waals surface area contributed by atoms with Gasteiger partial charge in [0.15, 0.2) is 11.6 Å². The van der Waals surface area contributed by atoms with Crippen LogP contribution in [0.1, 0.15) is 38.8 Å². The Morgan fingerprint density at radius 2 is 1.75 bits per heavy atom. The quantitative estimate of drug-likeness (QED) is 0.636. The zero-order chi connectivity index (χ0) is 23.5. The number of amides is 1. The number of nitrogens with one attached hydrogen (secondary N) is 1. The molecule has 0 atom stereocenters. The number of aromatic hydroxyl groups is 1. The number of hydrogen-bond donors (Lipinski definition) is 2. The second-order valence-electron chi connectivity index (χ2n) is 8.55. The van der Waals surface area contributed by atoms with E-state index >= 15 is 0 Å². The topological polar surface area (TPSA) is 77.0 Å². The van der Waals surface area contributed by atoms with E-state index in [4.69, 9.17) is 14.0 Å². The number of ether oxygens (including phenoxy) is 1. The Bertz CT molecular complexity index is 995. The Kier molecular flexibility index (Phi) is 6.90. The molecule has 1 fully saturated rings. The maximum atomic E-state index is 13.8. The van der Waals surface area contributed by atoms with Gasteiger partial charge in [0, 0.05) is 18.2 Å². The standard InChI is InChI=1S/C23H26BF2NO5/c1-22(2)23(3,4)32-24(31-22)17(10-16-11-18(25)12-19(26)20(16)28)13-27-21(29)30-14-15-8-6-5-7-9-15/h5-12,28H,13-14H2,1-4H3,(H,27,29). The minimum atomic E-state index is -1.10. The number of phenols is 1. The van der Waals surface area contributed by atoms with E-state index in [1.54, 1.807) is 0 Å². The number of halogens is 2. The third-order valence-corrected chi connectivity index (χ3v) is 5.60. The van der Waals surface area contributed by atoms with Gasteiger partial charge in [-0.3, -0.25) is 0 Å². The van der Waals surface area contributed by atoms with E-state index in [1.807, 2.05) is 58.0 Å². The first-order valence-electron chi connectivity index (χ1n) is 10.2. The molecule has 1 heterocycles. The summed E-state index contributed by atoms with van der Waals surface area (Å²) >= 11 is 0. The molecule has 1 aliphatic heterocycles. The predicted octanol–water partition coefficient (Wildman–Crippen LogP) is 4.61. The first kappa shape index (κ1) is 23.8. The van der Waals surface area contributed by atoms with Gasteiger partial charge in [0.2, 0.25) is 0 Å². The van der Waals surface area contributed by atoms with Crippen molar-refractivity contribution in [2.24, 2.45) is 0 Å². The van der Waals surface area contributed by atoms with Crippen LogP contribution in [0.25, 0.3) is 6.08 Å². The minimum Gasteiger partial charge on any atom is -0.504 e. The number of hydrogen-bond acceptors (Lipinski definition) is 5. The molecule has 2 N–H and O–H groups in total. The van der Waals surface area contributed by atoms with Crippen LogP contribution in [0.2, 0.25) is 0 Å². The van der Waals surface area contributed by atoms with Crippen LogP contribution in [-0.4, -0.2) is 36.1 Å². The molecule has 32 heavy (non-hydrogen) atoms. The summed E-state index contributed by atoms with van der Waals surface area (Å²) in [6.45, 7) is 7.40. The lowest BCUT2D eigenvalue weighted by molar-refractivity contribution is 0.00578. The molecule has 1 saturated heterocycles. The molecule has 0 radical (unpaired) electrons. The average molecular weight is 445 g/mol. The Morgan fingerprint density at radius 3 is 2.38 bits per heavy atom. The molecule has 1 aliphatic rings. The second kappa shape index (κ2) is 9.30. The largest absolute Gasteiger partial charge is 0.504 e. The van der Waals surface area contributed by atoms with Crippen molar-refractivity contribution in [3.8, 4) is 5.75 Å². The van der Waals surface area contributed by atoms with Crippen LogP contribution in [-0.2, 0) is 20.7 Å². The van der Waals surface area contributed by atoms with Gasteiger partial charge >= 0.3 is 13.2 Å². The van der Waals surface area contributed by atoms with E-state index in [9.17, 15) is 18.7 Å². The number of rotatable bonds is 6. The fourth-order valence-electron chi connectivity index (χ4n) is 3.04. The zero-order valence-electron chi connectivity index (χ0n) is 18.4. The summed E-state index contributed by atoms with van der Waals surface area (Å²) in [6, 6.07) is 10.7. The van der Waals surface area contributed by atoms with Crippen LogP contribution in [0.4, 0.5) is 13.6 Å². The molecular formula is C23H26BF2NO5. The first-order chi connectivity index (χ1) is 15.0. The summed E-state index contributed by atoms with van der Waals surface area (Å²) in [4.78, 5) is 12.2. The lowest BCUT2D eigenvalue weighted by Crippen LogP contribution is -2.41. The number of carbonyl (C=O) groups is 1. The highest BCUT2D eigenvalue weighted by molar-refractivity contribution is 6.56. The Balaban J connectivity index is 1.79. The van der Waals surface area contributed by atoms with Gasteiger partial charge in [-0.05, 0) is 44.8 Å². The maximum absolute atomic E-state index is 13.8. The highest BCUT2D eigenvalue weighted by atomic mass is 19.1. The smallest absolute Gasteiger partial charge is 0.492 e. The van der Waals surface area contributed by atoms with Crippen molar-refractivity contribution in [1.82, 2.24) is 5.32 Å². The Morgan fingerprint density at radius 1 is 1.12 bits per heavy atom. The van der Waals surface area contributed by atoms with Crippen molar-refractivity contribution in [1.29, 1.82) is 0 Å². The molecule has 0 unspecified atom stereocenters. The number of alkyl carbamates (subject to hydrolysis) is 1. The van der Waals surface area contributed by atoms with Gasteiger partial charge in [-0.25, -0.2) is 13.6 Å². The molecule has 0 bridgehead atoms. The fourth-order valence-corrected chi connectivity index (χ4v) is 3.04. The Labute approximate surface area is 186 Å². The van der Waals surface area contributed by atoms with Gasteiger partial charge in [-0.15, -0.1) is 0 Å². The summed E-state index contributed by atoms with van der Waals surface area (Å²) in [7, 11) is -0.917. The van der Waals surface area contributed by atoms with E-state index in [2.05, 4.69) is 5.32 Å². The summed E-state index contributed by atoms with van der Waals surface area (Å²) in [6.07, 6.45) is 0.645. The van der Waals surface area contributed by atoms with Crippen molar-refractivity contribution < 1.29 is 32.7 Å². The van der Waals surface area contributed by atoms with Crippen molar-refractivity contribution in [2.45, 2.75) is 45.5 Å². The van der Waals surface area contributed by atoms with Crippen LogP contribution in [0.5, 0.6) is 5.75 Å². The van der Waals surface area contributed by atoms with Gasteiger partial charge < -0.3 is 24.5 Å². The SMILES string of the molecule is CC1(C)OB(C(=Cc2cc(F)cc(F)c2O)CNC(=O)OCc2ccccc2)OC1(C)C. The molecule has 0 saturated carbocycles. The second-order valence-corrected chi connectivity index (χ2v) is 8.55. The summed E-state index contributed by atoms with van der Waals surface area (Å²) in [5, 5.41) is 12.6. The van der Waals surface area contributed by atoms with Crippen molar-refractivity contribution in [2.75, 3.05) is 6.54 Å². The number of benzene rings is 2. The molecular weight excluding hydrogens is 419 g/mol. The van der Waals surface area contributed by atoms with Crippen molar-refractivity contribution >= 4 is 19.3 Å². The number of phenolic OH excluding ortho intramolecular Hbond substituents is 1. The third-order valence-electron chi connectivity index (χ3n) is 5.60. The number of carbonyl (C=O) groups excluding carboxylic acids is 1. The molecule has 0 aliphatic carbocycles. The predicted molar refractivity (Wildman–Crippen MR) is 117 cm³/mol. The zero-order valence-corrected chi connectivity index (χ0v) is 18.4. The van der Waals surface area contributed by atoms with Gasteiger partial charge in [0.25, 0.3) is 0 Å². The molecule has 9 heteroatoms. The van der Waals surface area contributed by atoms with Crippen LogP contribution >= 0.6 is 0 Å². The third kappa shape index (κ3) is 5.47. The highest BCUT2D eigenvalue weighted by Gasteiger charge is 2.52. The molecule has 2 aromatic rings. The van der Waals surface area contributed by atoms with E-state index in [0.29, 0.717) is 11.5 Å². The fraction of sp³-hybridized carbons (Fsp3) is 0.348. The monoisotopic (exact) mass is 445 g/mol. The lowest BCUT2D eigenvalue weighted by atomic mass is 9.77. The van der Waals surface area contributed by atoms with Crippen LogP contribution < -0.4 is 5.32 Å². The van der Waals surface area contributed by atoms with Crippen molar-refractivity contribution in [3.05, 3.63) is 70.7 Å². The van der Waals surface area contributed by atoms with E-state index < -0.39 is 41.8 Å². The molecule has 0 spiro atoms. The normalized spacial score (nSPS) is 17.3. The van der Waals surface area contributed by atoms with E-state index in [1.165, 1.54) is 6.08 Å². The van der Waals surface area contributed by atoms with E-state index in [0.717, 1.165) is 11.6 Å². The van der Waals surface area contributed by atoms with E-state index in [-0.39, 0.29) is 18.7 Å². The average Bonchev–Trinajstić information content (AvgIpc) is 2.94. The lowest BCUT2D eigenvalue weighted by Gasteiger charge is -2.32. The summed E-state index contributed by atoms with van der Waals surface area (Å²) < 4.78 is 44.8.